The Bertz CT molecular complexity index is 332. The van der Waals surface area contributed by atoms with Crippen molar-refractivity contribution in [2.24, 2.45) is 0 Å². The molecule has 0 aliphatic rings. The van der Waals surface area contributed by atoms with Gasteiger partial charge in [0.25, 0.3) is 0 Å². The van der Waals surface area contributed by atoms with Crippen LogP contribution in [0.3, 0.4) is 0 Å². The van der Waals surface area contributed by atoms with Crippen molar-refractivity contribution in [3.63, 3.8) is 0 Å². The van der Waals surface area contributed by atoms with Gasteiger partial charge in [0.2, 0.25) is 5.88 Å². The minimum Gasteiger partial charge on any atom is -0.474 e. The monoisotopic (exact) mass is 240 g/mol. The van der Waals surface area contributed by atoms with E-state index in [-0.39, 0.29) is 0 Å². The molecule has 1 aromatic rings. The number of aryl methyl sites for hydroxylation is 1. The zero-order valence-electron chi connectivity index (χ0n) is 10.4. The second-order valence-electron chi connectivity index (χ2n) is 3.65. The molecular formula is C12H20N2O3. The van der Waals surface area contributed by atoms with Gasteiger partial charge >= 0.3 is 0 Å². The van der Waals surface area contributed by atoms with Crippen molar-refractivity contribution >= 4 is 5.69 Å². The van der Waals surface area contributed by atoms with Gasteiger partial charge in [0.15, 0.2) is 0 Å². The number of aromatic nitrogens is 1. The van der Waals surface area contributed by atoms with Crippen LogP contribution in [0.25, 0.3) is 0 Å². The van der Waals surface area contributed by atoms with Crippen LogP contribution in [0.1, 0.15) is 12.0 Å². The quantitative estimate of drug-likeness (QED) is 0.696. The summed E-state index contributed by atoms with van der Waals surface area (Å²) in [6, 6.07) is 1.85. The summed E-state index contributed by atoms with van der Waals surface area (Å²) in [5, 5.41) is 0. The average Bonchev–Trinajstić information content (AvgIpc) is 2.33. The Morgan fingerprint density at radius 2 is 2.06 bits per heavy atom. The summed E-state index contributed by atoms with van der Waals surface area (Å²) in [5.41, 5.74) is 7.38. The lowest BCUT2D eigenvalue weighted by Crippen LogP contribution is -2.10. The van der Waals surface area contributed by atoms with Gasteiger partial charge in [0, 0.05) is 26.5 Å². The van der Waals surface area contributed by atoms with Crippen LogP contribution in [0.15, 0.2) is 12.3 Å². The number of hydrogen-bond donors (Lipinski definition) is 1. The Hall–Kier alpha value is -1.33. The Labute approximate surface area is 102 Å². The fraction of sp³-hybridized carbons (Fsp3) is 0.583. The third-order valence-corrected chi connectivity index (χ3v) is 2.28. The maximum Gasteiger partial charge on any atom is 0.237 e. The van der Waals surface area contributed by atoms with Gasteiger partial charge < -0.3 is 19.9 Å². The van der Waals surface area contributed by atoms with E-state index in [0.717, 1.165) is 12.0 Å². The highest BCUT2D eigenvalue weighted by atomic mass is 16.5. The zero-order chi connectivity index (χ0) is 12.5. The molecule has 0 radical (unpaired) electrons. The van der Waals surface area contributed by atoms with Gasteiger partial charge in [-0.2, -0.15) is 0 Å². The highest BCUT2D eigenvalue weighted by Crippen LogP contribution is 2.20. The molecule has 17 heavy (non-hydrogen) atoms. The van der Waals surface area contributed by atoms with E-state index >= 15 is 0 Å². The van der Waals surface area contributed by atoms with Crippen LogP contribution in [0.4, 0.5) is 5.69 Å². The Morgan fingerprint density at radius 1 is 1.24 bits per heavy atom. The number of anilines is 1. The number of nitrogens with zero attached hydrogens (tertiary/aromatic N) is 1. The molecule has 0 atom stereocenters. The molecule has 96 valence electrons. The molecule has 0 amide bonds. The van der Waals surface area contributed by atoms with Gasteiger partial charge in [-0.15, -0.1) is 0 Å². The highest BCUT2D eigenvalue weighted by molar-refractivity contribution is 5.53. The summed E-state index contributed by atoms with van der Waals surface area (Å²) in [5.74, 6) is 0.477. The largest absolute Gasteiger partial charge is 0.474 e. The molecule has 0 fully saturated rings. The van der Waals surface area contributed by atoms with Gasteiger partial charge in [-0.25, -0.2) is 4.98 Å². The molecule has 1 heterocycles. The predicted molar refractivity (Wildman–Crippen MR) is 66.2 cm³/mol. The number of nitrogens with two attached hydrogens (primary N) is 1. The lowest BCUT2D eigenvalue weighted by atomic mass is 10.2. The average molecular weight is 240 g/mol. The summed E-state index contributed by atoms with van der Waals surface area (Å²) in [7, 11) is 1.68. The first-order chi connectivity index (χ1) is 8.25. The normalized spacial score (nSPS) is 10.5. The van der Waals surface area contributed by atoms with Crippen LogP contribution >= 0.6 is 0 Å². The summed E-state index contributed by atoms with van der Waals surface area (Å²) in [4.78, 5) is 4.06. The van der Waals surface area contributed by atoms with Crippen LogP contribution in [-0.4, -0.2) is 38.5 Å². The molecule has 0 spiro atoms. The predicted octanol–water partition coefficient (Wildman–Crippen LogP) is 1.40. The lowest BCUT2D eigenvalue weighted by molar-refractivity contribution is 0.0797. The van der Waals surface area contributed by atoms with Crippen molar-refractivity contribution in [3.8, 4) is 5.88 Å². The third-order valence-electron chi connectivity index (χ3n) is 2.28. The maximum absolute atomic E-state index is 5.82. The van der Waals surface area contributed by atoms with Gasteiger partial charge in [-0.3, -0.25) is 0 Å². The summed E-state index contributed by atoms with van der Waals surface area (Å²) >= 11 is 0. The van der Waals surface area contributed by atoms with Crippen molar-refractivity contribution in [1.82, 2.24) is 4.98 Å². The minimum atomic E-state index is 0.452. The van der Waals surface area contributed by atoms with Crippen molar-refractivity contribution in [3.05, 3.63) is 17.8 Å². The molecule has 5 heteroatoms. The first-order valence-electron chi connectivity index (χ1n) is 5.66. The van der Waals surface area contributed by atoms with Crippen LogP contribution in [0.5, 0.6) is 5.88 Å². The highest BCUT2D eigenvalue weighted by Gasteiger charge is 2.03. The molecule has 0 aromatic carbocycles. The number of methoxy groups -OCH3 is 1. The molecule has 0 saturated carbocycles. The SMILES string of the molecule is COCCCOCCOc1nccc(C)c1N. The zero-order valence-corrected chi connectivity index (χ0v) is 10.4. The Morgan fingerprint density at radius 3 is 2.82 bits per heavy atom. The number of pyridine rings is 1. The van der Waals surface area contributed by atoms with Crippen molar-refractivity contribution in [2.75, 3.05) is 39.3 Å². The molecule has 1 rings (SSSR count). The second-order valence-corrected chi connectivity index (χ2v) is 3.65. The molecule has 0 saturated heterocycles. The summed E-state index contributed by atoms with van der Waals surface area (Å²) < 4.78 is 15.7. The fourth-order valence-corrected chi connectivity index (χ4v) is 1.26. The molecule has 5 nitrogen and oxygen atoms in total. The first kappa shape index (κ1) is 13.7. The summed E-state index contributed by atoms with van der Waals surface area (Å²) in [6.45, 7) is 4.29. The molecule has 2 N–H and O–H groups in total. The number of nitrogen functional groups attached to an aromatic ring is 1. The van der Waals surface area contributed by atoms with Gasteiger partial charge in [0.1, 0.15) is 6.61 Å². The smallest absolute Gasteiger partial charge is 0.237 e. The van der Waals surface area contributed by atoms with E-state index in [4.69, 9.17) is 19.9 Å². The third kappa shape index (κ3) is 5.01. The van der Waals surface area contributed by atoms with E-state index in [1.54, 1.807) is 13.3 Å². The van der Waals surface area contributed by atoms with Crippen LogP contribution in [0, 0.1) is 6.92 Å². The topological polar surface area (TPSA) is 66.6 Å². The number of ether oxygens (including phenoxy) is 3. The van der Waals surface area contributed by atoms with Gasteiger partial charge in [0.05, 0.1) is 12.3 Å². The van der Waals surface area contributed by atoms with E-state index in [1.165, 1.54) is 0 Å². The van der Waals surface area contributed by atoms with E-state index in [0.29, 0.717) is 38.0 Å². The molecule has 0 aliphatic carbocycles. The van der Waals surface area contributed by atoms with Crippen LogP contribution in [-0.2, 0) is 9.47 Å². The summed E-state index contributed by atoms with van der Waals surface area (Å²) in [6.07, 6.45) is 2.57. The van der Waals surface area contributed by atoms with Crippen LogP contribution < -0.4 is 10.5 Å². The van der Waals surface area contributed by atoms with Crippen molar-refractivity contribution in [2.45, 2.75) is 13.3 Å². The maximum atomic E-state index is 5.82. The first-order valence-corrected chi connectivity index (χ1v) is 5.66. The molecular weight excluding hydrogens is 220 g/mol. The van der Waals surface area contributed by atoms with Crippen LogP contribution in [0.2, 0.25) is 0 Å². The fourth-order valence-electron chi connectivity index (χ4n) is 1.26. The lowest BCUT2D eigenvalue weighted by Gasteiger charge is -2.09. The second kappa shape index (κ2) is 7.86. The van der Waals surface area contributed by atoms with E-state index in [1.807, 2.05) is 13.0 Å². The standard InChI is InChI=1S/C12H20N2O3/c1-10-4-5-14-12(11(10)13)17-9-8-16-7-3-6-15-2/h4-5H,3,6-9,13H2,1-2H3. The van der Waals surface area contributed by atoms with Gasteiger partial charge in [-0.1, -0.05) is 0 Å². The van der Waals surface area contributed by atoms with E-state index in [2.05, 4.69) is 4.98 Å². The van der Waals surface area contributed by atoms with Crippen molar-refractivity contribution < 1.29 is 14.2 Å². The molecule has 0 unspecified atom stereocenters. The Balaban J connectivity index is 2.16. The molecule has 1 aromatic heterocycles. The Kier molecular flexibility index (Phi) is 6.35. The van der Waals surface area contributed by atoms with E-state index in [9.17, 15) is 0 Å². The molecule has 0 bridgehead atoms. The van der Waals surface area contributed by atoms with Gasteiger partial charge in [-0.05, 0) is 25.0 Å². The number of rotatable bonds is 8. The number of hydrogen-bond acceptors (Lipinski definition) is 5. The molecule has 0 aliphatic heterocycles. The minimum absolute atomic E-state index is 0.452. The van der Waals surface area contributed by atoms with E-state index < -0.39 is 0 Å². The van der Waals surface area contributed by atoms with Crippen molar-refractivity contribution in [1.29, 1.82) is 0 Å².